The summed E-state index contributed by atoms with van der Waals surface area (Å²) in [4.78, 5) is 4.71. The van der Waals surface area contributed by atoms with E-state index >= 15 is 0 Å². The normalized spacial score (nSPS) is 12.2. The summed E-state index contributed by atoms with van der Waals surface area (Å²) in [5, 5.41) is 12.6. The van der Waals surface area contributed by atoms with Gasteiger partial charge in [-0.3, -0.25) is 0 Å². The number of hydrogen-bond acceptors (Lipinski definition) is 6. The molecule has 0 spiro atoms. The van der Waals surface area contributed by atoms with Gasteiger partial charge in [-0.05, 0) is 18.6 Å². The van der Waals surface area contributed by atoms with E-state index in [0.717, 1.165) is 22.7 Å². The number of ether oxygens (including phenoxy) is 2. The van der Waals surface area contributed by atoms with Crippen LogP contribution in [0.4, 0.5) is 10.8 Å². The lowest BCUT2D eigenvalue weighted by molar-refractivity contribution is 0.174. The number of hydrogen-bond donors (Lipinski definition) is 1. The zero-order valence-electron chi connectivity index (χ0n) is 9.56. The van der Waals surface area contributed by atoms with Crippen LogP contribution in [0.1, 0.15) is 10.4 Å². The van der Waals surface area contributed by atoms with Gasteiger partial charge in [-0.2, -0.15) is 5.26 Å². The molecule has 1 aromatic heterocycles. The number of anilines is 2. The van der Waals surface area contributed by atoms with Crippen molar-refractivity contribution in [1.29, 1.82) is 5.26 Å². The van der Waals surface area contributed by atoms with Gasteiger partial charge in [0.1, 0.15) is 10.9 Å². The average molecular weight is 259 g/mol. The predicted molar refractivity (Wildman–Crippen MR) is 67.4 cm³/mol. The van der Waals surface area contributed by atoms with Gasteiger partial charge in [0.25, 0.3) is 0 Å². The van der Waals surface area contributed by atoms with Crippen molar-refractivity contribution in [2.75, 3.05) is 12.1 Å². The molecule has 3 rings (SSSR count). The maximum Gasteiger partial charge on any atom is 0.231 e. The van der Waals surface area contributed by atoms with E-state index in [1.807, 2.05) is 19.1 Å². The topological polar surface area (TPSA) is 67.2 Å². The Balaban J connectivity index is 1.91. The van der Waals surface area contributed by atoms with Crippen LogP contribution in [-0.2, 0) is 0 Å². The van der Waals surface area contributed by atoms with Gasteiger partial charge in [-0.15, -0.1) is 0 Å². The second-order valence-corrected chi connectivity index (χ2v) is 4.82. The fourth-order valence-electron chi connectivity index (χ4n) is 1.68. The van der Waals surface area contributed by atoms with Gasteiger partial charge in [0, 0.05) is 11.8 Å². The number of fused-ring (bicyclic) bond motifs is 1. The summed E-state index contributed by atoms with van der Waals surface area (Å²) in [6.45, 7) is 2.23. The van der Waals surface area contributed by atoms with E-state index in [2.05, 4.69) is 16.4 Å². The van der Waals surface area contributed by atoms with Crippen LogP contribution in [0.15, 0.2) is 18.3 Å². The second-order valence-electron chi connectivity index (χ2n) is 3.79. The van der Waals surface area contributed by atoms with Crippen LogP contribution in [0, 0.1) is 18.3 Å². The standard InChI is InChI=1S/C12H9N3O2S/c1-7-2-10-11(17-6-16-10)3-9(7)15-12-14-5-8(4-13)18-12/h2-3,5H,6H2,1H3,(H,14,15). The van der Waals surface area contributed by atoms with Gasteiger partial charge in [0.05, 0.1) is 6.20 Å². The molecule has 0 saturated heterocycles. The summed E-state index contributed by atoms with van der Waals surface area (Å²) >= 11 is 1.31. The molecule has 6 heteroatoms. The quantitative estimate of drug-likeness (QED) is 0.898. The van der Waals surface area contributed by atoms with Crippen molar-refractivity contribution < 1.29 is 9.47 Å². The molecule has 0 unspecified atom stereocenters. The minimum atomic E-state index is 0.258. The highest BCUT2D eigenvalue weighted by molar-refractivity contribution is 7.16. The van der Waals surface area contributed by atoms with Crippen molar-refractivity contribution in [2.45, 2.75) is 6.92 Å². The molecule has 90 valence electrons. The third-order valence-electron chi connectivity index (χ3n) is 2.58. The number of nitriles is 1. The molecular formula is C12H9N3O2S. The smallest absolute Gasteiger partial charge is 0.231 e. The SMILES string of the molecule is Cc1cc2c(cc1Nc1ncc(C#N)s1)OCO2. The summed E-state index contributed by atoms with van der Waals surface area (Å²) in [5.41, 5.74) is 1.94. The number of benzene rings is 1. The van der Waals surface area contributed by atoms with Crippen LogP contribution < -0.4 is 14.8 Å². The molecule has 0 saturated carbocycles. The number of nitrogens with one attached hydrogen (secondary N) is 1. The van der Waals surface area contributed by atoms with Crippen molar-refractivity contribution in [1.82, 2.24) is 4.98 Å². The Kier molecular flexibility index (Phi) is 2.54. The van der Waals surface area contributed by atoms with Gasteiger partial charge in [-0.25, -0.2) is 4.98 Å². The molecule has 1 aliphatic heterocycles. The molecule has 0 atom stereocenters. The first-order chi connectivity index (χ1) is 8.76. The lowest BCUT2D eigenvalue weighted by Gasteiger charge is -2.07. The highest BCUT2D eigenvalue weighted by Gasteiger charge is 2.16. The van der Waals surface area contributed by atoms with Gasteiger partial charge < -0.3 is 14.8 Å². The van der Waals surface area contributed by atoms with Gasteiger partial charge in [0.2, 0.25) is 6.79 Å². The Morgan fingerprint density at radius 2 is 2.17 bits per heavy atom. The minimum absolute atomic E-state index is 0.258. The lowest BCUT2D eigenvalue weighted by atomic mass is 10.2. The highest BCUT2D eigenvalue weighted by atomic mass is 32.1. The fraction of sp³-hybridized carbons (Fsp3) is 0.167. The Hall–Kier alpha value is -2.26. The second kappa shape index (κ2) is 4.20. The van der Waals surface area contributed by atoms with Gasteiger partial charge in [0.15, 0.2) is 16.6 Å². The van der Waals surface area contributed by atoms with Crippen LogP contribution in [0.25, 0.3) is 0 Å². The minimum Gasteiger partial charge on any atom is -0.454 e. The molecular weight excluding hydrogens is 250 g/mol. The largest absolute Gasteiger partial charge is 0.454 e. The summed E-state index contributed by atoms with van der Waals surface area (Å²) in [5.74, 6) is 1.48. The third kappa shape index (κ3) is 1.85. The van der Waals surface area contributed by atoms with Crippen LogP contribution in [0.3, 0.4) is 0 Å². The Bertz CT molecular complexity index is 645. The molecule has 1 aliphatic rings. The van der Waals surface area contributed by atoms with Crippen molar-refractivity contribution in [3.05, 3.63) is 28.8 Å². The maximum atomic E-state index is 8.75. The van der Waals surface area contributed by atoms with Crippen molar-refractivity contribution in [2.24, 2.45) is 0 Å². The molecule has 5 nitrogen and oxygen atoms in total. The van der Waals surface area contributed by atoms with E-state index in [9.17, 15) is 0 Å². The monoisotopic (exact) mass is 259 g/mol. The highest BCUT2D eigenvalue weighted by Crippen LogP contribution is 2.37. The molecule has 0 amide bonds. The summed E-state index contributed by atoms with van der Waals surface area (Å²) < 4.78 is 10.6. The first-order valence-electron chi connectivity index (χ1n) is 5.29. The zero-order chi connectivity index (χ0) is 12.5. The molecule has 0 aliphatic carbocycles. The Morgan fingerprint density at radius 3 is 2.89 bits per heavy atom. The first-order valence-corrected chi connectivity index (χ1v) is 6.11. The van der Waals surface area contributed by atoms with Gasteiger partial charge in [-0.1, -0.05) is 11.3 Å². The van der Waals surface area contributed by atoms with E-state index in [0.29, 0.717) is 10.0 Å². The number of thiazole rings is 1. The summed E-state index contributed by atoms with van der Waals surface area (Å²) in [7, 11) is 0. The molecule has 2 heterocycles. The van der Waals surface area contributed by atoms with E-state index in [4.69, 9.17) is 14.7 Å². The van der Waals surface area contributed by atoms with E-state index in [-0.39, 0.29) is 6.79 Å². The summed E-state index contributed by atoms with van der Waals surface area (Å²) in [6.07, 6.45) is 1.55. The Morgan fingerprint density at radius 1 is 1.39 bits per heavy atom. The third-order valence-corrected chi connectivity index (χ3v) is 3.39. The van der Waals surface area contributed by atoms with Crippen LogP contribution >= 0.6 is 11.3 Å². The van der Waals surface area contributed by atoms with Crippen LogP contribution in [0.5, 0.6) is 11.5 Å². The average Bonchev–Trinajstić information content (AvgIpc) is 2.98. The Labute approximate surface area is 108 Å². The number of aryl methyl sites for hydroxylation is 1. The molecule has 0 radical (unpaired) electrons. The fourth-order valence-corrected chi connectivity index (χ4v) is 2.30. The molecule has 1 aromatic carbocycles. The van der Waals surface area contributed by atoms with Crippen molar-refractivity contribution in [3.63, 3.8) is 0 Å². The lowest BCUT2D eigenvalue weighted by Crippen LogP contribution is -1.93. The number of aromatic nitrogens is 1. The van der Waals surface area contributed by atoms with Crippen LogP contribution in [-0.4, -0.2) is 11.8 Å². The number of nitrogens with zero attached hydrogens (tertiary/aromatic N) is 2. The molecule has 0 fully saturated rings. The van der Waals surface area contributed by atoms with E-state index in [1.165, 1.54) is 11.3 Å². The van der Waals surface area contributed by atoms with Crippen LogP contribution in [0.2, 0.25) is 0 Å². The summed E-state index contributed by atoms with van der Waals surface area (Å²) in [6, 6.07) is 5.86. The molecule has 2 aromatic rings. The van der Waals surface area contributed by atoms with E-state index < -0.39 is 0 Å². The molecule has 1 N–H and O–H groups in total. The predicted octanol–water partition coefficient (Wildman–Crippen LogP) is 2.80. The van der Waals surface area contributed by atoms with Crippen molar-refractivity contribution >= 4 is 22.2 Å². The molecule has 18 heavy (non-hydrogen) atoms. The number of rotatable bonds is 2. The maximum absolute atomic E-state index is 8.75. The molecule has 0 bridgehead atoms. The van der Waals surface area contributed by atoms with E-state index in [1.54, 1.807) is 6.20 Å². The zero-order valence-corrected chi connectivity index (χ0v) is 10.4. The van der Waals surface area contributed by atoms with Crippen molar-refractivity contribution in [3.8, 4) is 17.6 Å². The first kappa shape index (κ1) is 10.9. The van der Waals surface area contributed by atoms with Gasteiger partial charge >= 0.3 is 0 Å².